The highest BCUT2D eigenvalue weighted by atomic mass is 16.5. The Bertz CT molecular complexity index is 1300. The molecule has 2 heterocycles. The summed E-state index contributed by atoms with van der Waals surface area (Å²) in [6.07, 6.45) is 2.24. The third kappa shape index (κ3) is 3.63. The van der Waals surface area contributed by atoms with Crippen LogP contribution in [0.4, 0.5) is 10.6 Å². The number of ether oxygens (including phenoxy) is 1. The largest absolute Gasteiger partial charge is 0.477 e. The van der Waals surface area contributed by atoms with Crippen LogP contribution in [0.5, 0.6) is 0 Å². The lowest BCUT2D eigenvalue weighted by Gasteiger charge is -2.24. The van der Waals surface area contributed by atoms with Crippen molar-refractivity contribution < 1.29 is 24.2 Å². The first-order chi connectivity index (χ1) is 17.0. The van der Waals surface area contributed by atoms with Gasteiger partial charge in [-0.15, -0.1) is 0 Å². The van der Waals surface area contributed by atoms with Gasteiger partial charge in [0.1, 0.15) is 24.0 Å². The lowest BCUT2D eigenvalue weighted by Crippen LogP contribution is -2.50. The summed E-state index contributed by atoms with van der Waals surface area (Å²) in [4.78, 5) is 39.3. The minimum Gasteiger partial charge on any atom is -0.477 e. The number of carboxylic acids is 1. The minimum atomic E-state index is -1.14. The van der Waals surface area contributed by atoms with E-state index >= 15 is 0 Å². The Morgan fingerprint density at radius 1 is 1.03 bits per heavy atom. The molecule has 9 nitrogen and oxygen atoms in total. The lowest BCUT2D eigenvalue weighted by molar-refractivity contribution is -0.120. The molecule has 2 aliphatic carbocycles. The van der Waals surface area contributed by atoms with Crippen molar-refractivity contribution >= 4 is 23.8 Å². The van der Waals surface area contributed by atoms with Crippen molar-refractivity contribution in [3.63, 3.8) is 0 Å². The number of nitrogens with one attached hydrogen (secondary N) is 1. The fourth-order valence-corrected chi connectivity index (χ4v) is 5.24. The van der Waals surface area contributed by atoms with E-state index in [0.29, 0.717) is 13.1 Å². The zero-order chi connectivity index (χ0) is 24.1. The highest BCUT2D eigenvalue weighted by Crippen LogP contribution is 2.44. The molecule has 6 rings (SSSR count). The molecule has 1 aromatic heterocycles. The average Bonchev–Trinajstić information content (AvgIpc) is 3.35. The number of hydrogen-bond acceptors (Lipinski definition) is 5. The van der Waals surface area contributed by atoms with Crippen molar-refractivity contribution in [1.82, 2.24) is 15.1 Å². The second-order valence-corrected chi connectivity index (χ2v) is 9.19. The van der Waals surface area contributed by atoms with Crippen molar-refractivity contribution in [1.29, 1.82) is 0 Å². The number of benzene rings is 2. The van der Waals surface area contributed by atoms with Crippen LogP contribution in [-0.2, 0) is 16.1 Å². The highest BCUT2D eigenvalue weighted by molar-refractivity contribution is 6.04. The zero-order valence-corrected chi connectivity index (χ0v) is 18.9. The van der Waals surface area contributed by atoms with Crippen molar-refractivity contribution in [3.8, 4) is 11.1 Å². The average molecular weight is 473 g/mol. The Kier molecular flexibility index (Phi) is 5.05. The van der Waals surface area contributed by atoms with Crippen LogP contribution in [-0.4, -0.2) is 52.1 Å². The molecular weight excluding hydrogens is 448 g/mol. The number of carbonyl (C=O) groups is 3. The molecule has 2 amide bonds. The topological polar surface area (TPSA) is 114 Å². The van der Waals surface area contributed by atoms with E-state index in [1.807, 2.05) is 36.4 Å². The molecule has 1 aliphatic heterocycles. The van der Waals surface area contributed by atoms with Gasteiger partial charge >= 0.3 is 12.1 Å². The number of fused-ring (bicyclic) bond motifs is 4. The summed E-state index contributed by atoms with van der Waals surface area (Å²) in [5.41, 5.74) is 4.49. The van der Waals surface area contributed by atoms with Gasteiger partial charge in [0.15, 0.2) is 0 Å². The standard InChI is InChI=1S/C26H24N4O5/c31-24(29-11-12-30-23(29)20(13-27-30)25(32)33)22(15-9-10-15)28-26(34)35-14-21-18-7-3-1-5-16(18)17-6-2-4-8-19(17)21/h1-8,13,15,21-22H,9-12,14H2,(H,28,34)(H,32,33). The van der Waals surface area contributed by atoms with E-state index in [-0.39, 0.29) is 35.7 Å². The van der Waals surface area contributed by atoms with Crippen LogP contribution in [0.25, 0.3) is 11.1 Å². The van der Waals surface area contributed by atoms with Gasteiger partial charge in [-0.05, 0) is 41.0 Å². The Hall–Kier alpha value is -4.14. The van der Waals surface area contributed by atoms with Crippen LogP contribution in [0.2, 0.25) is 0 Å². The minimum absolute atomic E-state index is 0.00762. The van der Waals surface area contributed by atoms with Crippen molar-refractivity contribution in [2.45, 2.75) is 31.3 Å². The maximum absolute atomic E-state index is 13.4. The fourth-order valence-electron chi connectivity index (χ4n) is 5.24. The molecule has 0 radical (unpaired) electrons. The van der Waals surface area contributed by atoms with Crippen LogP contribution < -0.4 is 10.2 Å². The number of anilines is 1. The summed E-state index contributed by atoms with van der Waals surface area (Å²) in [7, 11) is 0. The summed E-state index contributed by atoms with van der Waals surface area (Å²) >= 11 is 0. The molecule has 9 heteroatoms. The van der Waals surface area contributed by atoms with E-state index in [2.05, 4.69) is 22.5 Å². The second-order valence-electron chi connectivity index (χ2n) is 9.19. The van der Waals surface area contributed by atoms with Gasteiger partial charge in [-0.25, -0.2) is 14.3 Å². The number of amides is 2. The molecule has 0 bridgehead atoms. The number of hydrogen-bond donors (Lipinski definition) is 2. The molecule has 35 heavy (non-hydrogen) atoms. The summed E-state index contributed by atoms with van der Waals surface area (Å²) < 4.78 is 7.16. The number of aromatic carboxylic acids is 1. The molecule has 3 aliphatic rings. The number of aromatic nitrogens is 2. The Balaban J connectivity index is 1.17. The van der Waals surface area contributed by atoms with E-state index in [0.717, 1.165) is 35.1 Å². The number of carbonyl (C=O) groups excluding carboxylic acids is 2. The molecule has 1 unspecified atom stereocenters. The number of carboxylic acid groups (broad SMARTS) is 1. The summed E-state index contributed by atoms with van der Waals surface area (Å²) in [5, 5.41) is 16.3. The smallest absolute Gasteiger partial charge is 0.407 e. The van der Waals surface area contributed by atoms with Crippen LogP contribution in [0.1, 0.15) is 40.2 Å². The van der Waals surface area contributed by atoms with E-state index in [4.69, 9.17) is 4.74 Å². The number of alkyl carbamates (subject to hydrolysis) is 1. The maximum Gasteiger partial charge on any atom is 0.407 e. The number of nitrogens with zero attached hydrogens (tertiary/aromatic N) is 3. The van der Waals surface area contributed by atoms with Crippen LogP contribution in [0.15, 0.2) is 54.7 Å². The Morgan fingerprint density at radius 2 is 1.69 bits per heavy atom. The predicted molar refractivity (Wildman–Crippen MR) is 126 cm³/mol. The molecule has 1 fully saturated rings. The monoisotopic (exact) mass is 472 g/mol. The molecule has 2 aromatic carbocycles. The predicted octanol–water partition coefficient (Wildman–Crippen LogP) is 3.25. The third-order valence-electron chi connectivity index (χ3n) is 7.08. The van der Waals surface area contributed by atoms with Gasteiger partial charge in [0.25, 0.3) is 5.91 Å². The third-order valence-corrected chi connectivity index (χ3v) is 7.08. The van der Waals surface area contributed by atoms with Gasteiger partial charge in [-0.3, -0.25) is 9.69 Å². The molecule has 1 saturated carbocycles. The quantitative estimate of drug-likeness (QED) is 0.569. The van der Waals surface area contributed by atoms with Crippen LogP contribution in [0, 0.1) is 5.92 Å². The number of rotatable bonds is 6. The molecule has 3 aromatic rings. The Labute approximate surface area is 201 Å². The SMILES string of the molecule is O=C(NC(C(=O)N1CCn2ncc(C(=O)O)c21)C1CC1)OCC1c2ccccc2-c2ccccc21. The molecule has 2 N–H and O–H groups in total. The summed E-state index contributed by atoms with van der Waals surface area (Å²) in [6.45, 7) is 0.889. The van der Waals surface area contributed by atoms with Gasteiger partial charge < -0.3 is 15.2 Å². The van der Waals surface area contributed by atoms with Gasteiger partial charge in [0.2, 0.25) is 0 Å². The second kappa shape index (κ2) is 8.26. The summed E-state index contributed by atoms with van der Waals surface area (Å²) in [5.74, 6) is -1.27. The van der Waals surface area contributed by atoms with E-state index in [1.165, 1.54) is 15.8 Å². The molecule has 178 valence electrons. The normalized spacial score (nSPS) is 16.9. The molecule has 0 spiro atoms. The summed E-state index contributed by atoms with van der Waals surface area (Å²) in [6, 6.07) is 15.4. The lowest BCUT2D eigenvalue weighted by atomic mass is 9.98. The molecule has 0 saturated heterocycles. The molecular formula is C26H24N4O5. The van der Waals surface area contributed by atoms with Crippen LogP contribution in [0.3, 0.4) is 0 Å². The van der Waals surface area contributed by atoms with Crippen LogP contribution >= 0.6 is 0 Å². The first kappa shape index (κ1) is 21.4. The Morgan fingerprint density at radius 3 is 2.31 bits per heavy atom. The highest BCUT2D eigenvalue weighted by Gasteiger charge is 2.43. The van der Waals surface area contributed by atoms with Gasteiger partial charge in [-0.1, -0.05) is 48.5 Å². The fraction of sp³-hybridized carbons (Fsp3) is 0.308. The van der Waals surface area contributed by atoms with Gasteiger partial charge in [0, 0.05) is 12.5 Å². The van der Waals surface area contributed by atoms with Crippen molar-refractivity contribution in [2.24, 2.45) is 5.92 Å². The zero-order valence-electron chi connectivity index (χ0n) is 18.9. The van der Waals surface area contributed by atoms with E-state index < -0.39 is 18.1 Å². The van der Waals surface area contributed by atoms with Crippen molar-refractivity contribution in [2.75, 3.05) is 18.1 Å². The van der Waals surface area contributed by atoms with Gasteiger partial charge in [0.05, 0.1) is 12.7 Å². The maximum atomic E-state index is 13.4. The first-order valence-electron chi connectivity index (χ1n) is 11.7. The molecule has 1 atom stereocenters. The van der Waals surface area contributed by atoms with E-state index in [9.17, 15) is 19.5 Å². The van der Waals surface area contributed by atoms with Crippen molar-refractivity contribution in [3.05, 3.63) is 71.4 Å². The first-order valence-corrected chi connectivity index (χ1v) is 11.7. The van der Waals surface area contributed by atoms with Gasteiger partial charge in [-0.2, -0.15) is 5.10 Å². The van der Waals surface area contributed by atoms with E-state index in [1.54, 1.807) is 0 Å².